The summed E-state index contributed by atoms with van der Waals surface area (Å²) in [7, 11) is 0. The third-order valence-corrected chi connectivity index (χ3v) is 4.26. The molecule has 136 valence electrons. The summed E-state index contributed by atoms with van der Waals surface area (Å²) in [5.74, 6) is 0.980. The van der Waals surface area contributed by atoms with Gasteiger partial charge in [0.05, 0.1) is 25.7 Å². The van der Waals surface area contributed by atoms with Gasteiger partial charge in [-0.25, -0.2) is 5.06 Å². The molecule has 24 heavy (non-hydrogen) atoms. The Kier molecular flexibility index (Phi) is 8.14. The van der Waals surface area contributed by atoms with Gasteiger partial charge in [-0.1, -0.05) is 26.2 Å². The van der Waals surface area contributed by atoms with Gasteiger partial charge in [0.2, 0.25) is 18.2 Å². The van der Waals surface area contributed by atoms with E-state index < -0.39 is 0 Å². The summed E-state index contributed by atoms with van der Waals surface area (Å²) in [6.45, 7) is 6.58. The number of carbonyl (C=O) groups excluding carboxylic acids is 1. The number of morpholine rings is 1. The molecule has 8 nitrogen and oxygen atoms in total. The van der Waals surface area contributed by atoms with Gasteiger partial charge in [0.15, 0.2) is 0 Å². The van der Waals surface area contributed by atoms with E-state index in [1.807, 2.05) is 0 Å². The number of hydroxylamine groups is 2. The molecule has 0 spiro atoms. The number of amides is 1. The van der Waals surface area contributed by atoms with Crippen molar-refractivity contribution in [2.24, 2.45) is 0 Å². The van der Waals surface area contributed by atoms with Crippen LogP contribution in [0.4, 0.5) is 0 Å². The molecule has 1 amide bonds. The fraction of sp³-hybridized carbons (Fsp3) is 0.812. The zero-order valence-corrected chi connectivity index (χ0v) is 14.4. The molecule has 1 fully saturated rings. The van der Waals surface area contributed by atoms with Gasteiger partial charge in [0.1, 0.15) is 0 Å². The van der Waals surface area contributed by atoms with E-state index in [-0.39, 0.29) is 12.5 Å². The third-order valence-electron chi connectivity index (χ3n) is 4.26. The maximum Gasteiger partial charge on any atom is 0.233 e. The molecule has 1 atom stereocenters. The summed E-state index contributed by atoms with van der Waals surface area (Å²) in [4.78, 5) is 13.0. The molecule has 0 saturated carbocycles. The lowest BCUT2D eigenvalue weighted by Crippen LogP contribution is -2.37. The van der Waals surface area contributed by atoms with Crippen LogP contribution in [0.2, 0.25) is 0 Å². The van der Waals surface area contributed by atoms with Crippen LogP contribution in [-0.2, 0) is 16.0 Å². The zero-order chi connectivity index (χ0) is 17.2. The molecule has 1 aromatic heterocycles. The largest absolute Gasteiger partial charge is 0.425 e. The molecule has 1 aliphatic rings. The molecule has 1 saturated heterocycles. The summed E-state index contributed by atoms with van der Waals surface area (Å²) in [6, 6.07) is 0. The minimum atomic E-state index is -0.128. The lowest BCUT2D eigenvalue weighted by atomic mass is 10.0. The van der Waals surface area contributed by atoms with E-state index in [1.165, 1.54) is 0 Å². The Hall–Kier alpha value is -1.51. The molecular weight excluding hydrogens is 312 g/mol. The van der Waals surface area contributed by atoms with Crippen molar-refractivity contribution < 1.29 is 19.2 Å². The molecule has 0 radical (unpaired) electrons. The van der Waals surface area contributed by atoms with Crippen molar-refractivity contribution >= 4 is 6.41 Å². The Morgan fingerprint density at radius 2 is 2.12 bits per heavy atom. The fourth-order valence-corrected chi connectivity index (χ4v) is 2.81. The van der Waals surface area contributed by atoms with Crippen molar-refractivity contribution in [2.45, 2.75) is 44.9 Å². The van der Waals surface area contributed by atoms with E-state index in [0.29, 0.717) is 29.7 Å². The van der Waals surface area contributed by atoms with Crippen molar-refractivity contribution in [1.29, 1.82) is 0 Å². The van der Waals surface area contributed by atoms with Crippen LogP contribution >= 0.6 is 0 Å². The van der Waals surface area contributed by atoms with Crippen LogP contribution in [0.25, 0.3) is 0 Å². The Balaban J connectivity index is 1.88. The lowest BCUT2D eigenvalue weighted by Gasteiger charge is -2.25. The van der Waals surface area contributed by atoms with Crippen LogP contribution in [0.5, 0.6) is 0 Å². The molecule has 1 N–H and O–H groups in total. The highest BCUT2D eigenvalue weighted by molar-refractivity contribution is 5.44. The smallest absolute Gasteiger partial charge is 0.233 e. The van der Waals surface area contributed by atoms with E-state index in [1.54, 1.807) is 0 Å². The zero-order valence-electron chi connectivity index (χ0n) is 14.4. The number of carbonyl (C=O) groups is 1. The predicted molar refractivity (Wildman–Crippen MR) is 86.7 cm³/mol. The maximum absolute atomic E-state index is 10.7. The highest BCUT2D eigenvalue weighted by Gasteiger charge is 2.21. The van der Waals surface area contributed by atoms with E-state index in [9.17, 15) is 10.0 Å². The summed E-state index contributed by atoms with van der Waals surface area (Å²) in [6.07, 6.45) is 5.12. The second-order valence-electron chi connectivity index (χ2n) is 6.16. The summed E-state index contributed by atoms with van der Waals surface area (Å²) in [5.41, 5.74) is 0. The predicted octanol–water partition coefficient (Wildman–Crippen LogP) is 1.46. The van der Waals surface area contributed by atoms with Gasteiger partial charge < -0.3 is 9.15 Å². The van der Waals surface area contributed by atoms with Gasteiger partial charge in [-0.2, -0.15) is 0 Å². The number of unbranched alkanes of at least 4 members (excludes halogenated alkanes) is 2. The highest BCUT2D eigenvalue weighted by Crippen LogP contribution is 2.22. The number of ether oxygens (including phenoxy) is 1. The SMILES string of the molecule is CCCCCC(CN(O)C=O)c1nnc(CCN2CCOCC2)o1. The average Bonchev–Trinajstić information content (AvgIpc) is 3.09. The summed E-state index contributed by atoms with van der Waals surface area (Å²) >= 11 is 0. The molecule has 0 aromatic carbocycles. The molecule has 1 aliphatic heterocycles. The molecular formula is C16H28N4O4. The summed E-state index contributed by atoms with van der Waals surface area (Å²) in [5, 5.41) is 18.4. The van der Waals surface area contributed by atoms with Crippen LogP contribution < -0.4 is 0 Å². The van der Waals surface area contributed by atoms with Crippen LogP contribution in [0.3, 0.4) is 0 Å². The molecule has 2 rings (SSSR count). The van der Waals surface area contributed by atoms with E-state index in [2.05, 4.69) is 22.0 Å². The Bertz CT molecular complexity index is 476. The van der Waals surface area contributed by atoms with Crippen molar-refractivity contribution in [3.8, 4) is 0 Å². The number of hydrogen-bond donors (Lipinski definition) is 1. The molecule has 1 unspecified atom stereocenters. The number of nitrogens with zero attached hydrogens (tertiary/aromatic N) is 4. The quantitative estimate of drug-likeness (QED) is 0.282. The van der Waals surface area contributed by atoms with Crippen molar-refractivity contribution in [1.82, 2.24) is 20.2 Å². The normalized spacial score (nSPS) is 16.9. The van der Waals surface area contributed by atoms with Crippen molar-refractivity contribution in [3.63, 3.8) is 0 Å². The van der Waals surface area contributed by atoms with Crippen molar-refractivity contribution in [3.05, 3.63) is 11.8 Å². The molecule has 0 bridgehead atoms. The van der Waals surface area contributed by atoms with Crippen LogP contribution in [-0.4, -0.2) is 71.2 Å². The first-order chi connectivity index (χ1) is 11.7. The van der Waals surface area contributed by atoms with E-state index in [0.717, 1.165) is 58.5 Å². The third kappa shape index (κ3) is 6.18. The monoisotopic (exact) mass is 340 g/mol. The van der Waals surface area contributed by atoms with Gasteiger partial charge >= 0.3 is 0 Å². The number of hydrogen-bond acceptors (Lipinski definition) is 7. The first-order valence-electron chi connectivity index (χ1n) is 8.76. The van der Waals surface area contributed by atoms with Crippen LogP contribution in [0.1, 0.15) is 50.3 Å². The van der Waals surface area contributed by atoms with Gasteiger partial charge in [-0.3, -0.25) is 14.9 Å². The second kappa shape index (κ2) is 10.4. The number of aromatic nitrogens is 2. The lowest BCUT2D eigenvalue weighted by molar-refractivity contribution is -0.151. The fourth-order valence-electron chi connectivity index (χ4n) is 2.81. The van der Waals surface area contributed by atoms with Crippen molar-refractivity contribution in [2.75, 3.05) is 39.4 Å². The Morgan fingerprint density at radius 3 is 2.83 bits per heavy atom. The average molecular weight is 340 g/mol. The van der Waals surface area contributed by atoms with Gasteiger partial charge in [0.25, 0.3) is 0 Å². The number of rotatable bonds is 11. The van der Waals surface area contributed by atoms with Crippen LogP contribution in [0, 0.1) is 0 Å². The molecule has 2 heterocycles. The molecule has 1 aromatic rings. The topological polar surface area (TPSA) is 91.9 Å². The van der Waals surface area contributed by atoms with Gasteiger partial charge in [0, 0.05) is 26.1 Å². The Labute approximate surface area is 142 Å². The first kappa shape index (κ1) is 18.8. The van der Waals surface area contributed by atoms with Gasteiger partial charge in [-0.15, -0.1) is 10.2 Å². The molecule has 8 heteroatoms. The molecule has 0 aliphatic carbocycles. The minimum absolute atomic E-state index is 0.128. The van der Waals surface area contributed by atoms with E-state index in [4.69, 9.17) is 9.15 Å². The standard InChI is InChI=1S/C16H28N4O4/c1-2-3-4-5-14(12-20(22)13-21)16-18-17-15(24-16)6-7-19-8-10-23-11-9-19/h13-14,22H,2-12H2,1H3. The summed E-state index contributed by atoms with van der Waals surface area (Å²) < 4.78 is 11.1. The van der Waals surface area contributed by atoms with E-state index >= 15 is 0 Å². The highest BCUT2D eigenvalue weighted by atomic mass is 16.5. The van der Waals surface area contributed by atoms with Crippen LogP contribution in [0.15, 0.2) is 4.42 Å². The first-order valence-corrected chi connectivity index (χ1v) is 8.76. The second-order valence-corrected chi connectivity index (χ2v) is 6.16. The Morgan fingerprint density at radius 1 is 1.33 bits per heavy atom. The van der Waals surface area contributed by atoms with Gasteiger partial charge in [-0.05, 0) is 6.42 Å². The minimum Gasteiger partial charge on any atom is -0.425 e. The maximum atomic E-state index is 10.7.